The van der Waals surface area contributed by atoms with E-state index in [1.807, 2.05) is 19.9 Å². The van der Waals surface area contributed by atoms with E-state index in [1.54, 1.807) is 17.6 Å². The Bertz CT molecular complexity index is 341. The molecule has 70 valence electrons. The van der Waals surface area contributed by atoms with Gasteiger partial charge in [-0.3, -0.25) is 4.79 Å². The summed E-state index contributed by atoms with van der Waals surface area (Å²) in [6, 6.07) is 2.05. The summed E-state index contributed by atoms with van der Waals surface area (Å²) in [5, 5.41) is 3.80. The Kier molecular flexibility index (Phi) is 3.19. The summed E-state index contributed by atoms with van der Waals surface area (Å²) in [7, 11) is 0. The highest BCUT2D eigenvalue weighted by Gasteiger charge is 1.98. The Balaban J connectivity index is 2.68. The minimum atomic E-state index is -0.152. The molecule has 0 aromatic carbocycles. The molecule has 0 aliphatic rings. The molecule has 0 atom stereocenters. The van der Waals surface area contributed by atoms with Gasteiger partial charge in [-0.25, -0.2) is 5.43 Å². The molecule has 1 rings (SSSR count). The van der Waals surface area contributed by atoms with Crippen molar-refractivity contribution >= 4 is 23.5 Å². The van der Waals surface area contributed by atoms with Crippen molar-refractivity contribution in [3.8, 4) is 0 Å². The van der Waals surface area contributed by atoms with Crippen LogP contribution in [0.15, 0.2) is 11.2 Å². The SMILES string of the molecule is CC(=O)N/N=C/c1cc(C)sc1C. The van der Waals surface area contributed by atoms with Gasteiger partial charge in [0.05, 0.1) is 6.21 Å². The maximum atomic E-state index is 10.5. The predicted molar refractivity (Wildman–Crippen MR) is 55.2 cm³/mol. The van der Waals surface area contributed by atoms with E-state index in [1.165, 1.54) is 16.7 Å². The third-order valence-electron chi connectivity index (χ3n) is 1.51. The Hall–Kier alpha value is -1.16. The van der Waals surface area contributed by atoms with Crippen LogP contribution in [0.2, 0.25) is 0 Å². The Morgan fingerprint density at radius 3 is 2.77 bits per heavy atom. The first kappa shape index (κ1) is 9.92. The number of carbonyl (C=O) groups is 1. The zero-order chi connectivity index (χ0) is 9.84. The number of carbonyl (C=O) groups excluding carboxylic acids is 1. The lowest BCUT2D eigenvalue weighted by Gasteiger charge is -1.90. The van der Waals surface area contributed by atoms with Crippen LogP contribution in [0.25, 0.3) is 0 Å². The molecule has 0 spiro atoms. The van der Waals surface area contributed by atoms with E-state index in [0.29, 0.717) is 0 Å². The van der Waals surface area contributed by atoms with E-state index >= 15 is 0 Å². The molecule has 0 aliphatic carbocycles. The van der Waals surface area contributed by atoms with Crippen LogP contribution in [0.3, 0.4) is 0 Å². The molecule has 0 unspecified atom stereocenters. The number of hydrogen-bond donors (Lipinski definition) is 1. The van der Waals surface area contributed by atoms with Gasteiger partial charge in [-0.2, -0.15) is 5.10 Å². The number of rotatable bonds is 2. The fourth-order valence-corrected chi connectivity index (χ4v) is 1.87. The summed E-state index contributed by atoms with van der Waals surface area (Å²) in [5.74, 6) is -0.152. The molecule has 0 radical (unpaired) electrons. The second-order valence-corrected chi connectivity index (χ2v) is 4.26. The average Bonchev–Trinajstić information content (AvgIpc) is 2.29. The van der Waals surface area contributed by atoms with Crippen LogP contribution in [0.4, 0.5) is 0 Å². The van der Waals surface area contributed by atoms with Crippen molar-refractivity contribution in [2.45, 2.75) is 20.8 Å². The smallest absolute Gasteiger partial charge is 0.236 e. The summed E-state index contributed by atoms with van der Waals surface area (Å²) < 4.78 is 0. The lowest BCUT2D eigenvalue weighted by atomic mass is 10.3. The first-order valence-corrected chi connectivity index (χ1v) is 4.78. The number of nitrogens with one attached hydrogen (secondary N) is 1. The van der Waals surface area contributed by atoms with Gasteiger partial charge in [0.15, 0.2) is 0 Å². The van der Waals surface area contributed by atoms with Gasteiger partial charge >= 0.3 is 0 Å². The van der Waals surface area contributed by atoms with Gasteiger partial charge in [0.1, 0.15) is 0 Å². The van der Waals surface area contributed by atoms with Crippen LogP contribution < -0.4 is 5.43 Å². The van der Waals surface area contributed by atoms with Crippen molar-refractivity contribution < 1.29 is 4.79 Å². The maximum absolute atomic E-state index is 10.5. The first-order chi connectivity index (χ1) is 6.09. The standard InChI is InChI=1S/C9H12N2OS/c1-6-4-9(7(2)13-6)5-10-11-8(3)12/h4-5H,1-3H3,(H,11,12)/b10-5+. The van der Waals surface area contributed by atoms with E-state index in [-0.39, 0.29) is 5.91 Å². The molecule has 1 amide bonds. The van der Waals surface area contributed by atoms with Gasteiger partial charge in [-0.05, 0) is 19.9 Å². The van der Waals surface area contributed by atoms with Crippen molar-refractivity contribution in [3.05, 3.63) is 21.4 Å². The van der Waals surface area contributed by atoms with E-state index in [2.05, 4.69) is 10.5 Å². The van der Waals surface area contributed by atoms with E-state index < -0.39 is 0 Å². The van der Waals surface area contributed by atoms with E-state index in [9.17, 15) is 4.79 Å². The highest BCUT2D eigenvalue weighted by molar-refractivity contribution is 7.12. The lowest BCUT2D eigenvalue weighted by molar-refractivity contribution is -0.118. The molecule has 0 bridgehead atoms. The summed E-state index contributed by atoms with van der Waals surface area (Å²) in [5.41, 5.74) is 3.43. The van der Waals surface area contributed by atoms with Gasteiger partial charge < -0.3 is 0 Å². The zero-order valence-electron chi connectivity index (χ0n) is 7.92. The van der Waals surface area contributed by atoms with Crippen LogP contribution in [0.5, 0.6) is 0 Å². The average molecular weight is 196 g/mol. The van der Waals surface area contributed by atoms with Gasteiger partial charge in [0.2, 0.25) is 5.91 Å². The van der Waals surface area contributed by atoms with Crippen LogP contribution >= 0.6 is 11.3 Å². The van der Waals surface area contributed by atoms with Crippen molar-refractivity contribution in [1.29, 1.82) is 0 Å². The molecule has 1 aromatic rings. The molecule has 1 aromatic heterocycles. The highest BCUT2D eigenvalue weighted by Crippen LogP contribution is 2.18. The number of aryl methyl sites for hydroxylation is 2. The molecule has 0 fully saturated rings. The zero-order valence-corrected chi connectivity index (χ0v) is 8.73. The molecule has 0 aliphatic heterocycles. The van der Waals surface area contributed by atoms with Crippen molar-refractivity contribution in [2.24, 2.45) is 5.10 Å². The first-order valence-electron chi connectivity index (χ1n) is 3.96. The van der Waals surface area contributed by atoms with Crippen LogP contribution in [0, 0.1) is 13.8 Å². The summed E-state index contributed by atoms with van der Waals surface area (Å²) in [4.78, 5) is 13.0. The van der Waals surface area contributed by atoms with Crippen molar-refractivity contribution in [1.82, 2.24) is 5.43 Å². The minimum Gasteiger partial charge on any atom is -0.274 e. The summed E-state index contributed by atoms with van der Waals surface area (Å²) in [6.07, 6.45) is 1.67. The Morgan fingerprint density at radius 1 is 1.62 bits per heavy atom. The molecule has 1 N–H and O–H groups in total. The fraction of sp³-hybridized carbons (Fsp3) is 0.333. The molecule has 0 saturated carbocycles. The molecule has 3 nitrogen and oxygen atoms in total. The van der Waals surface area contributed by atoms with Crippen LogP contribution in [-0.4, -0.2) is 12.1 Å². The monoisotopic (exact) mass is 196 g/mol. The van der Waals surface area contributed by atoms with E-state index in [0.717, 1.165) is 5.56 Å². The van der Waals surface area contributed by atoms with Crippen LogP contribution in [-0.2, 0) is 4.79 Å². The predicted octanol–water partition coefficient (Wildman–Crippen LogP) is 1.83. The van der Waals surface area contributed by atoms with E-state index in [4.69, 9.17) is 0 Å². The molecular formula is C9H12N2OS. The summed E-state index contributed by atoms with van der Waals surface area (Å²) >= 11 is 1.72. The largest absolute Gasteiger partial charge is 0.274 e. The maximum Gasteiger partial charge on any atom is 0.236 e. The highest BCUT2D eigenvalue weighted by atomic mass is 32.1. The third-order valence-corrected chi connectivity index (χ3v) is 2.49. The minimum absolute atomic E-state index is 0.152. The number of hydrazone groups is 1. The molecular weight excluding hydrogens is 184 g/mol. The van der Waals surface area contributed by atoms with Gasteiger partial charge in [0, 0.05) is 22.2 Å². The number of nitrogens with zero attached hydrogens (tertiary/aromatic N) is 1. The van der Waals surface area contributed by atoms with Gasteiger partial charge in [0.25, 0.3) is 0 Å². The number of hydrogen-bond acceptors (Lipinski definition) is 3. The second kappa shape index (κ2) is 4.18. The topological polar surface area (TPSA) is 41.5 Å². The quantitative estimate of drug-likeness (QED) is 0.569. The number of thiophene rings is 1. The Morgan fingerprint density at radius 2 is 2.31 bits per heavy atom. The molecule has 1 heterocycles. The lowest BCUT2D eigenvalue weighted by Crippen LogP contribution is -2.12. The van der Waals surface area contributed by atoms with Gasteiger partial charge in [-0.15, -0.1) is 11.3 Å². The molecule has 0 saturated heterocycles. The molecule has 13 heavy (non-hydrogen) atoms. The normalized spacial score (nSPS) is 10.7. The van der Waals surface area contributed by atoms with Crippen molar-refractivity contribution in [2.75, 3.05) is 0 Å². The molecule has 4 heteroatoms. The van der Waals surface area contributed by atoms with Gasteiger partial charge in [-0.1, -0.05) is 0 Å². The van der Waals surface area contributed by atoms with Crippen molar-refractivity contribution in [3.63, 3.8) is 0 Å². The second-order valence-electron chi connectivity index (χ2n) is 2.79. The fourth-order valence-electron chi connectivity index (χ4n) is 0.971. The Labute approximate surface area is 81.5 Å². The summed E-state index contributed by atoms with van der Waals surface area (Å²) in [6.45, 7) is 5.52. The third kappa shape index (κ3) is 2.99. The van der Waals surface area contributed by atoms with Crippen LogP contribution in [0.1, 0.15) is 22.2 Å². The number of amides is 1.